The maximum Gasteiger partial charge on any atom is 0.314 e. The number of ether oxygens (including phenoxy) is 1. The van der Waals surface area contributed by atoms with Crippen molar-refractivity contribution in [3.05, 3.63) is 29.3 Å². The summed E-state index contributed by atoms with van der Waals surface area (Å²) in [6.45, 7) is 0. The van der Waals surface area contributed by atoms with Crippen LogP contribution >= 0.6 is 11.6 Å². The maximum atomic E-state index is 11.8. The monoisotopic (exact) mass is 254 g/mol. The van der Waals surface area contributed by atoms with Gasteiger partial charge in [0.1, 0.15) is 5.75 Å². The summed E-state index contributed by atoms with van der Waals surface area (Å²) >= 11 is 5.74. The molecule has 1 N–H and O–H groups in total. The van der Waals surface area contributed by atoms with Crippen molar-refractivity contribution in [2.45, 2.75) is 31.8 Å². The highest BCUT2D eigenvalue weighted by molar-refractivity contribution is 6.30. The Labute approximate surface area is 105 Å². The number of aliphatic hydroxyl groups is 1. The first-order chi connectivity index (χ1) is 8.15. The van der Waals surface area contributed by atoms with Gasteiger partial charge in [0.2, 0.25) is 0 Å². The Morgan fingerprint density at radius 1 is 1.18 bits per heavy atom. The fraction of sp³-hybridized carbons (Fsp3) is 0.462. The molecule has 1 aliphatic carbocycles. The first-order valence-electron chi connectivity index (χ1n) is 5.80. The van der Waals surface area contributed by atoms with Crippen LogP contribution in [0.1, 0.15) is 25.7 Å². The molecule has 0 unspecified atom stereocenters. The molecule has 1 aliphatic rings. The van der Waals surface area contributed by atoms with Crippen LogP contribution in [0.25, 0.3) is 0 Å². The lowest BCUT2D eigenvalue weighted by Gasteiger charge is -2.23. The number of aliphatic hydroxyl groups excluding tert-OH is 1. The van der Waals surface area contributed by atoms with E-state index in [4.69, 9.17) is 16.3 Å². The standard InChI is InChI=1S/C13H15ClO3/c14-10-3-7-12(8-4-10)17-13(16)9-1-5-11(15)6-2-9/h3-4,7-9,11,15H,1-2,5-6H2. The van der Waals surface area contributed by atoms with Crippen LogP contribution < -0.4 is 4.74 Å². The summed E-state index contributed by atoms with van der Waals surface area (Å²) in [7, 11) is 0. The second kappa shape index (κ2) is 5.52. The Morgan fingerprint density at radius 3 is 2.35 bits per heavy atom. The van der Waals surface area contributed by atoms with E-state index in [9.17, 15) is 9.90 Å². The van der Waals surface area contributed by atoms with Crippen LogP contribution in [0.3, 0.4) is 0 Å². The quantitative estimate of drug-likeness (QED) is 0.652. The number of benzene rings is 1. The van der Waals surface area contributed by atoms with Crippen LogP contribution in [0, 0.1) is 5.92 Å². The van der Waals surface area contributed by atoms with E-state index in [-0.39, 0.29) is 18.0 Å². The lowest BCUT2D eigenvalue weighted by Crippen LogP contribution is -2.27. The minimum atomic E-state index is -0.255. The van der Waals surface area contributed by atoms with E-state index in [1.165, 1.54) is 0 Å². The van der Waals surface area contributed by atoms with Gasteiger partial charge in [0.25, 0.3) is 0 Å². The van der Waals surface area contributed by atoms with Crippen molar-refractivity contribution >= 4 is 17.6 Å². The van der Waals surface area contributed by atoms with E-state index in [0.717, 1.165) is 0 Å². The Hall–Kier alpha value is -1.06. The predicted octanol–water partition coefficient (Wildman–Crippen LogP) is 2.80. The van der Waals surface area contributed by atoms with Crippen LogP contribution in [0.2, 0.25) is 5.02 Å². The largest absolute Gasteiger partial charge is 0.426 e. The summed E-state index contributed by atoms with van der Waals surface area (Å²) in [6.07, 6.45) is 2.51. The van der Waals surface area contributed by atoms with Crippen LogP contribution in [0.4, 0.5) is 0 Å². The molecule has 92 valence electrons. The first kappa shape index (κ1) is 12.4. The molecule has 0 saturated heterocycles. The first-order valence-corrected chi connectivity index (χ1v) is 6.18. The van der Waals surface area contributed by atoms with Crippen LogP contribution in [0.15, 0.2) is 24.3 Å². The number of esters is 1. The van der Waals surface area contributed by atoms with Crippen molar-refractivity contribution in [1.29, 1.82) is 0 Å². The average molecular weight is 255 g/mol. The fourth-order valence-electron chi connectivity index (χ4n) is 2.01. The highest BCUT2D eigenvalue weighted by atomic mass is 35.5. The summed E-state index contributed by atoms with van der Waals surface area (Å²) in [5.41, 5.74) is 0. The number of hydrogen-bond donors (Lipinski definition) is 1. The second-order valence-corrected chi connectivity index (χ2v) is 4.82. The van der Waals surface area contributed by atoms with Crippen LogP contribution in [-0.4, -0.2) is 17.2 Å². The number of carbonyl (C=O) groups excluding carboxylic acids is 1. The molecule has 0 spiro atoms. The molecule has 17 heavy (non-hydrogen) atoms. The molecule has 1 aromatic rings. The van der Waals surface area contributed by atoms with Crippen LogP contribution in [0.5, 0.6) is 5.75 Å². The SMILES string of the molecule is O=C(Oc1ccc(Cl)cc1)C1CCC(O)CC1. The van der Waals surface area contributed by atoms with Crippen molar-refractivity contribution in [2.75, 3.05) is 0 Å². The molecular weight excluding hydrogens is 240 g/mol. The second-order valence-electron chi connectivity index (χ2n) is 4.38. The Balaban J connectivity index is 1.90. The Morgan fingerprint density at radius 2 is 1.76 bits per heavy atom. The van der Waals surface area contributed by atoms with Gasteiger partial charge in [-0.25, -0.2) is 0 Å². The van der Waals surface area contributed by atoms with Crippen molar-refractivity contribution < 1.29 is 14.6 Å². The average Bonchev–Trinajstić information content (AvgIpc) is 2.33. The zero-order valence-electron chi connectivity index (χ0n) is 9.43. The van der Waals surface area contributed by atoms with Crippen molar-refractivity contribution in [3.63, 3.8) is 0 Å². The van der Waals surface area contributed by atoms with Gasteiger partial charge in [-0.15, -0.1) is 0 Å². The smallest absolute Gasteiger partial charge is 0.314 e. The van der Waals surface area contributed by atoms with E-state index < -0.39 is 0 Å². The molecule has 0 bridgehead atoms. The Bertz CT molecular complexity index is 380. The normalized spacial score (nSPS) is 24.4. The number of hydrogen-bond acceptors (Lipinski definition) is 3. The van der Waals surface area contributed by atoms with Gasteiger partial charge in [-0.05, 0) is 49.9 Å². The van der Waals surface area contributed by atoms with Gasteiger partial charge in [0.05, 0.1) is 12.0 Å². The summed E-state index contributed by atoms with van der Waals surface area (Å²) in [5.74, 6) is 0.221. The minimum Gasteiger partial charge on any atom is -0.426 e. The van der Waals surface area contributed by atoms with Gasteiger partial charge in [-0.1, -0.05) is 11.6 Å². The van der Waals surface area contributed by atoms with E-state index in [2.05, 4.69) is 0 Å². The van der Waals surface area contributed by atoms with Crippen molar-refractivity contribution in [2.24, 2.45) is 5.92 Å². The maximum absolute atomic E-state index is 11.8. The number of carbonyl (C=O) groups is 1. The molecular formula is C13H15ClO3. The highest BCUT2D eigenvalue weighted by Crippen LogP contribution is 2.26. The zero-order valence-corrected chi connectivity index (χ0v) is 10.2. The zero-order chi connectivity index (χ0) is 12.3. The Kier molecular flexibility index (Phi) is 4.02. The van der Waals surface area contributed by atoms with E-state index in [0.29, 0.717) is 36.5 Å². The van der Waals surface area contributed by atoms with Gasteiger partial charge in [-0.3, -0.25) is 4.79 Å². The van der Waals surface area contributed by atoms with Gasteiger partial charge < -0.3 is 9.84 Å². The molecule has 4 heteroatoms. The topological polar surface area (TPSA) is 46.5 Å². The molecule has 0 amide bonds. The molecule has 0 aliphatic heterocycles. The van der Waals surface area contributed by atoms with E-state index in [1.54, 1.807) is 24.3 Å². The van der Waals surface area contributed by atoms with Crippen LogP contribution in [-0.2, 0) is 4.79 Å². The molecule has 3 nitrogen and oxygen atoms in total. The lowest BCUT2D eigenvalue weighted by atomic mass is 9.87. The molecule has 1 fully saturated rings. The molecule has 0 aromatic heterocycles. The van der Waals surface area contributed by atoms with Gasteiger partial charge >= 0.3 is 5.97 Å². The predicted molar refractivity (Wildman–Crippen MR) is 65.1 cm³/mol. The third-order valence-corrected chi connectivity index (χ3v) is 3.31. The summed E-state index contributed by atoms with van der Waals surface area (Å²) < 4.78 is 5.26. The molecule has 0 radical (unpaired) electrons. The molecule has 1 saturated carbocycles. The molecule has 0 heterocycles. The van der Waals surface area contributed by atoms with Gasteiger partial charge in [0, 0.05) is 5.02 Å². The lowest BCUT2D eigenvalue weighted by molar-refractivity contribution is -0.140. The number of rotatable bonds is 2. The van der Waals surface area contributed by atoms with Crippen molar-refractivity contribution in [1.82, 2.24) is 0 Å². The third-order valence-electron chi connectivity index (χ3n) is 3.06. The molecule has 0 atom stereocenters. The van der Waals surface area contributed by atoms with Crippen molar-refractivity contribution in [3.8, 4) is 5.75 Å². The summed E-state index contributed by atoms with van der Waals surface area (Å²) in [4.78, 5) is 11.8. The van der Waals surface area contributed by atoms with Gasteiger partial charge in [-0.2, -0.15) is 0 Å². The molecule has 2 rings (SSSR count). The fourth-order valence-corrected chi connectivity index (χ4v) is 2.14. The summed E-state index contributed by atoms with van der Waals surface area (Å²) in [5, 5.41) is 9.98. The van der Waals surface area contributed by atoms with E-state index >= 15 is 0 Å². The third kappa shape index (κ3) is 3.45. The number of halogens is 1. The van der Waals surface area contributed by atoms with E-state index in [1.807, 2.05) is 0 Å². The molecule has 1 aromatic carbocycles. The van der Waals surface area contributed by atoms with Gasteiger partial charge in [0.15, 0.2) is 0 Å². The highest BCUT2D eigenvalue weighted by Gasteiger charge is 2.26. The summed E-state index contributed by atoms with van der Waals surface area (Å²) in [6, 6.07) is 6.74. The minimum absolute atomic E-state index is 0.0888.